The minimum absolute atomic E-state index is 0.381. The molecule has 3 aromatic rings. The minimum Gasteiger partial charge on any atom is -0.408 e. The van der Waals surface area contributed by atoms with Crippen LogP contribution in [0.3, 0.4) is 0 Å². The van der Waals surface area contributed by atoms with E-state index in [9.17, 15) is 4.79 Å². The molecule has 2 N–H and O–H groups in total. The molecule has 0 unspecified atom stereocenters. The number of benzene rings is 2. The van der Waals surface area contributed by atoms with Gasteiger partial charge in [-0.05, 0) is 86.4 Å². The number of hydrogen-bond donors (Lipinski definition) is 2. The van der Waals surface area contributed by atoms with Crippen LogP contribution >= 0.6 is 11.6 Å². The van der Waals surface area contributed by atoms with Crippen LogP contribution in [-0.4, -0.2) is 17.6 Å². The summed E-state index contributed by atoms with van der Waals surface area (Å²) in [4.78, 5) is 14.0. The number of nitrogens with one attached hydrogen (secondary N) is 2. The molecule has 2 aromatic carbocycles. The molecule has 1 aromatic heterocycles. The van der Waals surface area contributed by atoms with Crippen molar-refractivity contribution in [1.29, 1.82) is 0 Å². The molecule has 0 atom stereocenters. The Kier molecular flexibility index (Phi) is 5.65. The highest BCUT2D eigenvalue weighted by atomic mass is 35.5. The Morgan fingerprint density at radius 3 is 2.63 bits per heavy atom. The number of halogens is 1. The van der Waals surface area contributed by atoms with Gasteiger partial charge >= 0.3 is 5.76 Å². The molecule has 0 spiro atoms. The van der Waals surface area contributed by atoms with Crippen LogP contribution in [0.25, 0.3) is 11.1 Å². The van der Waals surface area contributed by atoms with Crippen molar-refractivity contribution in [2.45, 2.75) is 50.5 Å². The molecule has 4 rings (SSSR count). The smallest absolute Gasteiger partial charge is 0.408 e. The van der Waals surface area contributed by atoms with Gasteiger partial charge < -0.3 is 9.73 Å². The lowest BCUT2D eigenvalue weighted by molar-refractivity contribution is 0.342. The van der Waals surface area contributed by atoms with Gasteiger partial charge in [-0.15, -0.1) is 0 Å². The van der Waals surface area contributed by atoms with Crippen molar-refractivity contribution in [3.8, 4) is 0 Å². The van der Waals surface area contributed by atoms with Crippen LogP contribution in [0, 0.1) is 0 Å². The van der Waals surface area contributed by atoms with Crippen LogP contribution in [0.1, 0.15) is 49.1 Å². The molecule has 1 fully saturated rings. The minimum atomic E-state index is -0.381. The van der Waals surface area contributed by atoms with Gasteiger partial charge in [0.1, 0.15) is 0 Å². The topological polar surface area (TPSA) is 58.0 Å². The van der Waals surface area contributed by atoms with Crippen molar-refractivity contribution >= 4 is 22.7 Å². The second-order valence-electron chi connectivity index (χ2n) is 7.50. The highest BCUT2D eigenvalue weighted by molar-refractivity contribution is 6.30. The summed E-state index contributed by atoms with van der Waals surface area (Å²) in [6, 6.07) is 14.9. The first kappa shape index (κ1) is 18.3. The summed E-state index contributed by atoms with van der Waals surface area (Å²) < 4.78 is 5.20. The molecule has 27 heavy (non-hydrogen) atoms. The van der Waals surface area contributed by atoms with E-state index < -0.39 is 0 Å². The van der Waals surface area contributed by atoms with Gasteiger partial charge in [0.25, 0.3) is 0 Å². The van der Waals surface area contributed by atoms with E-state index in [1.807, 2.05) is 24.3 Å². The summed E-state index contributed by atoms with van der Waals surface area (Å²) >= 11 is 5.93. The summed E-state index contributed by atoms with van der Waals surface area (Å²) in [5.41, 5.74) is 4.07. The van der Waals surface area contributed by atoms with E-state index in [1.54, 1.807) is 0 Å². The molecule has 0 aliphatic heterocycles. The van der Waals surface area contributed by atoms with Gasteiger partial charge in [-0.2, -0.15) is 0 Å². The summed E-state index contributed by atoms with van der Waals surface area (Å²) in [5.74, 6) is 0.176. The standard InChI is InChI=1S/C22H25ClN2O2/c23-18-8-3-15(4-9-18)2-1-13-24-19-10-5-16(6-11-19)17-7-12-20-21(14-17)27-22(26)25-20/h3-4,7-9,12,14,16,19,24H,1-2,5-6,10-11,13H2,(H,25,26)/t16-,19-. The zero-order valence-corrected chi connectivity index (χ0v) is 16.1. The van der Waals surface area contributed by atoms with Gasteiger partial charge in [0.2, 0.25) is 0 Å². The zero-order chi connectivity index (χ0) is 18.6. The van der Waals surface area contributed by atoms with Crippen molar-refractivity contribution in [3.63, 3.8) is 0 Å². The molecular formula is C22H25ClN2O2. The summed E-state index contributed by atoms with van der Waals surface area (Å²) in [5, 5.41) is 4.51. The summed E-state index contributed by atoms with van der Waals surface area (Å²) in [6.07, 6.45) is 6.97. The number of hydrogen-bond acceptors (Lipinski definition) is 3. The van der Waals surface area contributed by atoms with Crippen molar-refractivity contribution in [3.05, 3.63) is 69.2 Å². The Morgan fingerprint density at radius 1 is 1.07 bits per heavy atom. The average Bonchev–Trinajstić information content (AvgIpc) is 3.06. The van der Waals surface area contributed by atoms with Crippen LogP contribution in [0.2, 0.25) is 5.02 Å². The third-order valence-electron chi connectivity index (χ3n) is 5.63. The van der Waals surface area contributed by atoms with Crippen LogP contribution in [-0.2, 0) is 6.42 Å². The normalized spacial score (nSPS) is 20.2. The van der Waals surface area contributed by atoms with E-state index in [0.29, 0.717) is 17.5 Å². The van der Waals surface area contributed by atoms with E-state index in [-0.39, 0.29) is 5.76 Å². The fourth-order valence-electron chi connectivity index (χ4n) is 4.10. The first-order valence-electron chi connectivity index (χ1n) is 9.78. The highest BCUT2D eigenvalue weighted by Crippen LogP contribution is 2.34. The predicted octanol–water partition coefficient (Wildman–Crippen LogP) is 5.02. The van der Waals surface area contributed by atoms with Crippen LogP contribution in [0.15, 0.2) is 51.7 Å². The lowest BCUT2D eigenvalue weighted by Crippen LogP contribution is -2.33. The Hall–Kier alpha value is -2.04. The molecule has 1 aliphatic carbocycles. The second kappa shape index (κ2) is 8.32. The number of oxazole rings is 1. The Labute approximate surface area is 163 Å². The monoisotopic (exact) mass is 384 g/mol. The van der Waals surface area contributed by atoms with E-state index >= 15 is 0 Å². The average molecular weight is 385 g/mol. The fourth-order valence-corrected chi connectivity index (χ4v) is 4.22. The number of aryl methyl sites for hydroxylation is 1. The zero-order valence-electron chi connectivity index (χ0n) is 15.3. The second-order valence-corrected chi connectivity index (χ2v) is 7.94. The Balaban J connectivity index is 1.22. The van der Waals surface area contributed by atoms with E-state index in [0.717, 1.165) is 29.9 Å². The van der Waals surface area contributed by atoms with Gasteiger partial charge in [-0.25, -0.2) is 4.79 Å². The molecule has 0 bridgehead atoms. The van der Waals surface area contributed by atoms with Gasteiger partial charge in [0, 0.05) is 11.1 Å². The predicted molar refractivity (Wildman–Crippen MR) is 110 cm³/mol. The molecular weight excluding hydrogens is 360 g/mol. The van der Waals surface area contributed by atoms with E-state index in [2.05, 4.69) is 28.5 Å². The van der Waals surface area contributed by atoms with Crippen molar-refractivity contribution < 1.29 is 4.42 Å². The maximum atomic E-state index is 11.3. The third kappa shape index (κ3) is 4.63. The SMILES string of the molecule is O=c1[nH]c2ccc([C@H]3CC[C@H](NCCCc4ccc(Cl)cc4)CC3)cc2o1. The van der Waals surface area contributed by atoms with Gasteiger partial charge in [-0.1, -0.05) is 29.8 Å². The Bertz CT molecular complexity index is 937. The molecule has 1 saturated carbocycles. The fraction of sp³-hybridized carbons (Fsp3) is 0.409. The third-order valence-corrected chi connectivity index (χ3v) is 5.88. The quantitative estimate of drug-likeness (QED) is 0.586. The molecule has 1 heterocycles. The van der Waals surface area contributed by atoms with Crippen molar-refractivity contribution in [2.75, 3.05) is 6.54 Å². The molecule has 142 valence electrons. The number of H-pyrrole nitrogens is 1. The first-order valence-corrected chi connectivity index (χ1v) is 10.2. The lowest BCUT2D eigenvalue weighted by Gasteiger charge is -2.29. The molecule has 5 heteroatoms. The number of fused-ring (bicyclic) bond motifs is 1. The molecule has 4 nitrogen and oxygen atoms in total. The molecule has 1 aliphatic rings. The maximum Gasteiger partial charge on any atom is 0.417 e. The first-order chi connectivity index (χ1) is 13.2. The number of aromatic nitrogens is 1. The van der Waals surface area contributed by atoms with Gasteiger partial charge in [0.15, 0.2) is 5.58 Å². The number of rotatable bonds is 6. The van der Waals surface area contributed by atoms with Crippen molar-refractivity contribution in [2.24, 2.45) is 0 Å². The summed E-state index contributed by atoms with van der Waals surface area (Å²) in [6.45, 7) is 1.05. The van der Waals surface area contributed by atoms with Crippen LogP contribution in [0.4, 0.5) is 0 Å². The van der Waals surface area contributed by atoms with Gasteiger partial charge in [-0.3, -0.25) is 4.98 Å². The van der Waals surface area contributed by atoms with Gasteiger partial charge in [0.05, 0.1) is 5.52 Å². The Morgan fingerprint density at radius 2 is 1.85 bits per heavy atom. The molecule has 0 radical (unpaired) electrons. The number of aromatic amines is 1. The maximum absolute atomic E-state index is 11.3. The summed E-state index contributed by atoms with van der Waals surface area (Å²) in [7, 11) is 0. The van der Waals surface area contributed by atoms with Crippen LogP contribution < -0.4 is 11.1 Å². The van der Waals surface area contributed by atoms with E-state index in [4.69, 9.17) is 16.0 Å². The van der Waals surface area contributed by atoms with Crippen molar-refractivity contribution in [1.82, 2.24) is 10.3 Å². The van der Waals surface area contributed by atoms with Crippen LogP contribution in [0.5, 0.6) is 0 Å². The molecule has 0 saturated heterocycles. The molecule has 0 amide bonds. The lowest BCUT2D eigenvalue weighted by atomic mass is 9.81. The van der Waals surface area contributed by atoms with E-state index in [1.165, 1.54) is 36.8 Å². The largest absolute Gasteiger partial charge is 0.417 e. The highest BCUT2D eigenvalue weighted by Gasteiger charge is 2.22.